The lowest BCUT2D eigenvalue weighted by Crippen LogP contribution is -2.17. The molecule has 122 valence electrons. The predicted molar refractivity (Wildman–Crippen MR) is 89.3 cm³/mol. The van der Waals surface area contributed by atoms with Crippen LogP contribution in [-0.4, -0.2) is 17.7 Å². The molecule has 0 amide bonds. The molecule has 1 rings (SSSR count). The van der Waals surface area contributed by atoms with Gasteiger partial charge in [0, 0.05) is 6.92 Å². The third-order valence-corrected chi connectivity index (χ3v) is 2.54. The van der Waals surface area contributed by atoms with Gasteiger partial charge in [0.1, 0.15) is 0 Å². The van der Waals surface area contributed by atoms with Crippen LogP contribution >= 0.6 is 0 Å². The molecule has 1 aromatic rings. The third-order valence-electron chi connectivity index (χ3n) is 2.54. The van der Waals surface area contributed by atoms with E-state index in [9.17, 15) is 9.90 Å². The summed E-state index contributed by atoms with van der Waals surface area (Å²) >= 11 is 0. The largest absolute Gasteiger partial charge is 0.466 e. The number of ether oxygens (including phenoxy) is 1. The maximum Gasteiger partial charge on any atom is 0.302 e. The van der Waals surface area contributed by atoms with E-state index in [0.717, 1.165) is 18.4 Å². The standard InChI is InChI=1S/C12H18O.C4H8O2.C2H6/c1-4-7-10-8-5-6-9-11(10)12(2,3)13;1-3-6-4(2)5;1-2/h5-6,8-9,13H,4,7H2,1-3H3;3H2,1-2H3;1-2H3. The fourth-order valence-corrected chi connectivity index (χ4v) is 1.81. The Kier molecular flexibility index (Phi) is 12.9. The van der Waals surface area contributed by atoms with Crippen LogP contribution in [0.5, 0.6) is 0 Å². The number of aliphatic hydroxyl groups is 1. The highest BCUT2D eigenvalue weighted by atomic mass is 16.5. The summed E-state index contributed by atoms with van der Waals surface area (Å²) in [5.74, 6) is -0.211. The van der Waals surface area contributed by atoms with Crippen molar-refractivity contribution in [1.29, 1.82) is 0 Å². The summed E-state index contributed by atoms with van der Waals surface area (Å²) in [5.41, 5.74) is 1.60. The van der Waals surface area contributed by atoms with Crippen molar-refractivity contribution in [3.63, 3.8) is 0 Å². The number of hydrogen-bond acceptors (Lipinski definition) is 3. The Morgan fingerprint density at radius 1 is 1.19 bits per heavy atom. The molecule has 0 aliphatic heterocycles. The monoisotopic (exact) mass is 296 g/mol. The lowest BCUT2D eigenvalue weighted by Gasteiger charge is -2.21. The van der Waals surface area contributed by atoms with Gasteiger partial charge in [-0.3, -0.25) is 4.79 Å². The van der Waals surface area contributed by atoms with E-state index >= 15 is 0 Å². The predicted octanol–water partition coefficient (Wildman–Crippen LogP) is 4.46. The maximum atomic E-state index is 9.90. The summed E-state index contributed by atoms with van der Waals surface area (Å²) < 4.78 is 4.40. The zero-order valence-corrected chi connectivity index (χ0v) is 14.7. The number of rotatable bonds is 4. The van der Waals surface area contributed by atoms with Crippen molar-refractivity contribution in [1.82, 2.24) is 0 Å². The molecule has 0 saturated carbocycles. The van der Waals surface area contributed by atoms with Gasteiger partial charge in [0.05, 0.1) is 12.2 Å². The van der Waals surface area contributed by atoms with Gasteiger partial charge in [-0.15, -0.1) is 0 Å². The first-order chi connectivity index (χ1) is 9.82. The molecule has 3 nitrogen and oxygen atoms in total. The molecule has 0 unspecified atom stereocenters. The second kappa shape index (κ2) is 12.4. The average Bonchev–Trinajstić information content (AvgIpc) is 2.41. The van der Waals surface area contributed by atoms with Crippen LogP contribution in [0.2, 0.25) is 0 Å². The van der Waals surface area contributed by atoms with Gasteiger partial charge in [-0.25, -0.2) is 0 Å². The lowest BCUT2D eigenvalue weighted by atomic mass is 9.91. The Bertz CT molecular complexity index is 378. The lowest BCUT2D eigenvalue weighted by molar-refractivity contribution is -0.140. The second-order valence-electron chi connectivity index (χ2n) is 4.89. The van der Waals surface area contributed by atoms with Gasteiger partial charge in [-0.05, 0) is 38.3 Å². The fraction of sp³-hybridized carbons (Fsp3) is 0.611. The normalized spacial score (nSPS) is 9.71. The van der Waals surface area contributed by atoms with Gasteiger partial charge in [0.2, 0.25) is 0 Å². The smallest absolute Gasteiger partial charge is 0.302 e. The number of benzene rings is 1. The highest BCUT2D eigenvalue weighted by Crippen LogP contribution is 2.24. The molecule has 0 atom stereocenters. The Morgan fingerprint density at radius 2 is 1.71 bits per heavy atom. The third kappa shape index (κ3) is 11.0. The molecule has 0 heterocycles. The average molecular weight is 296 g/mol. The zero-order valence-electron chi connectivity index (χ0n) is 14.7. The van der Waals surface area contributed by atoms with E-state index in [1.54, 1.807) is 6.92 Å². The summed E-state index contributed by atoms with van der Waals surface area (Å²) in [6.07, 6.45) is 2.16. The van der Waals surface area contributed by atoms with E-state index < -0.39 is 5.60 Å². The van der Waals surface area contributed by atoms with Crippen LogP contribution in [-0.2, 0) is 21.6 Å². The first-order valence-electron chi connectivity index (χ1n) is 7.77. The van der Waals surface area contributed by atoms with Gasteiger partial charge < -0.3 is 9.84 Å². The van der Waals surface area contributed by atoms with E-state index in [1.807, 2.05) is 45.9 Å². The number of aryl methyl sites for hydroxylation is 1. The van der Waals surface area contributed by atoms with Crippen LogP contribution in [0.15, 0.2) is 24.3 Å². The van der Waals surface area contributed by atoms with Crippen molar-refractivity contribution in [2.45, 2.75) is 66.9 Å². The number of carbonyl (C=O) groups excluding carboxylic acids is 1. The highest BCUT2D eigenvalue weighted by molar-refractivity contribution is 5.65. The summed E-state index contributed by atoms with van der Waals surface area (Å²) in [6.45, 7) is 13.5. The Hall–Kier alpha value is -1.35. The Labute approximate surface area is 130 Å². The van der Waals surface area contributed by atoms with Crippen LogP contribution < -0.4 is 0 Å². The molecule has 0 fully saturated rings. The molecule has 0 aliphatic carbocycles. The minimum atomic E-state index is -0.717. The zero-order chi connectivity index (χ0) is 16.9. The van der Waals surface area contributed by atoms with E-state index in [-0.39, 0.29) is 5.97 Å². The molecule has 0 radical (unpaired) electrons. The molecule has 0 bridgehead atoms. The molecule has 0 saturated heterocycles. The van der Waals surface area contributed by atoms with E-state index in [4.69, 9.17) is 0 Å². The number of hydrogen-bond donors (Lipinski definition) is 1. The van der Waals surface area contributed by atoms with Crippen LogP contribution in [0.25, 0.3) is 0 Å². The molecular formula is C18H32O3. The summed E-state index contributed by atoms with van der Waals surface area (Å²) in [6, 6.07) is 8.11. The molecule has 3 heteroatoms. The van der Waals surface area contributed by atoms with Crippen LogP contribution in [0.3, 0.4) is 0 Å². The molecule has 21 heavy (non-hydrogen) atoms. The van der Waals surface area contributed by atoms with Gasteiger partial charge >= 0.3 is 5.97 Å². The van der Waals surface area contributed by atoms with E-state index in [1.165, 1.54) is 12.5 Å². The summed E-state index contributed by atoms with van der Waals surface area (Å²) in [7, 11) is 0. The molecule has 0 spiro atoms. The van der Waals surface area contributed by atoms with Crippen LogP contribution in [0, 0.1) is 0 Å². The van der Waals surface area contributed by atoms with Crippen molar-refractivity contribution in [2.24, 2.45) is 0 Å². The number of carbonyl (C=O) groups is 1. The summed E-state index contributed by atoms with van der Waals surface area (Å²) in [4.78, 5) is 9.82. The first kappa shape index (κ1) is 21.9. The molecular weight excluding hydrogens is 264 g/mol. The first-order valence-corrected chi connectivity index (χ1v) is 7.77. The molecule has 0 aliphatic rings. The van der Waals surface area contributed by atoms with Crippen molar-refractivity contribution >= 4 is 5.97 Å². The SMILES string of the molecule is CC.CCCc1ccccc1C(C)(C)O.CCOC(C)=O. The molecule has 1 aromatic carbocycles. The van der Waals surface area contributed by atoms with Crippen molar-refractivity contribution in [2.75, 3.05) is 6.61 Å². The maximum absolute atomic E-state index is 9.90. The fourth-order valence-electron chi connectivity index (χ4n) is 1.81. The second-order valence-corrected chi connectivity index (χ2v) is 4.89. The minimum absolute atomic E-state index is 0.211. The number of esters is 1. The van der Waals surface area contributed by atoms with Gasteiger partial charge in [0.15, 0.2) is 0 Å². The summed E-state index contributed by atoms with van der Waals surface area (Å²) in [5, 5.41) is 9.90. The topological polar surface area (TPSA) is 46.5 Å². The van der Waals surface area contributed by atoms with Gasteiger partial charge in [-0.2, -0.15) is 0 Å². The van der Waals surface area contributed by atoms with E-state index in [0.29, 0.717) is 6.61 Å². The van der Waals surface area contributed by atoms with Gasteiger partial charge in [-0.1, -0.05) is 51.5 Å². The van der Waals surface area contributed by atoms with Crippen LogP contribution in [0.1, 0.15) is 66.0 Å². The van der Waals surface area contributed by atoms with Crippen molar-refractivity contribution < 1.29 is 14.6 Å². The quantitative estimate of drug-likeness (QED) is 0.834. The van der Waals surface area contributed by atoms with Crippen molar-refractivity contribution in [3.05, 3.63) is 35.4 Å². The molecule has 0 aromatic heterocycles. The minimum Gasteiger partial charge on any atom is -0.466 e. The highest BCUT2D eigenvalue weighted by Gasteiger charge is 2.18. The van der Waals surface area contributed by atoms with Gasteiger partial charge in [0.25, 0.3) is 0 Å². The molecule has 1 N–H and O–H groups in total. The van der Waals surface area contributed by atoms with Crippen molar-refractivity contribution in [3.8, 4) is 0 Å². The Morgan fingerprint density at radius 3 is 2.05 bits per heavy atom. The van der Waals surface area contributed by atoms with E-state index in [2.05, 4.69) is 17.7 Å². The Balaban J connectivity index is 0. The van der Waals surface area contributed by atoms with Crippen LogP contribution in [0.4, 0.5) is 0 Å².